The van der Waals surface area contributed by atoms with Crippen molar-refractivity contribution in [3.8, 4) is 0 Å². The van der Waals surface area contributed by atoms with Crippen LogP contribution in [0.1, 0.15) is 30.3 Å². The molecule has 0 bridgehead atoms. The Morgan fingerprint density at radius 3 is 2.72 bits per heavy atom. The Kier molecular flexibility index (Phi) is 4.09. The number of carbonyl (C=O) groups is 1. The van der Waals surface area contributed by atoms with Crippen LogP contribution in [-0.2, 0) is 0 Å². The standard InChI is InChI=1S/C12H19N5O/c1-2-14-12(18)10-3-4-11(16-15-10)17-7-5-9(13)6-8-17/h3-4,9H,2,5-8,13H2,1H3,(H,14,18). The Morgan fingerprint density at radius 1 is 1.44 bits per heavy atom. The van der Waals surface area contributed by atoms with E-state index in [2.05, 4.69) is 20.4 Å². The molecule has 1 saturated heterocycles. The Bertz CT molecular complexity index is 397. The molecule has 0 atom stereocenters. The van der Waals surface area contributed by atoms with Crippen molar-refractivity contribution >= 4 is 11.7 Å². The second-order valence-corrected chi connectivity index (χ2v) is 4.46. The Hall–Kier alpha value is -1.69. The van der Waals surface area contributed by atoms with E-state index in [0.29, 0.717) is 18.3 Å². The highest BCUT2D eigenvalue weighted by atomic mass is 16.1. The highest BCUT2D eigenvalue weighted by Crippen LogP contribution is 2.16. The summed E-state index contributed by atoms with van der Waals surface area (Å²) in [6, 6.07) is 3.85. The lowest BCUT2D eigenvalue weighted by molar-refractivity contribution is 0.0950. The lowest BCUT2D eigenvalue weighted by Gasteiger charge is -2.30. The van der Waals surface area contributed by atoms with Crippen LogP contribution >= 0.6 is 0 Å². The van der Waals surface area contributed by atoms with Crippen LogP contribution in [0.3, 0.4) is 0 Å². The molecule has 0 aliphatic carbocycles. The first kappa shape index (κ1) is 12.8. The zero-order chi connectivity index (χ0) is 13.0. The second kappa shape index (κ2) is 5.77. The predicted octanol–water partition coefficient (Wildman–Crippen LogP) is 0.154. The number of piperidine rings is 1. The number of nitrogens with zero attached hydrogens (tertiary/aromatic N) is 3. The van der Waals surface area contributed by atoms with Crippen LogP contribution in [0, 0.1) is 0 Å². The fourth-order valence-electron chi connectivity index (χ4n) is 1.99. The molecule has 1 amide bonds. The van der Waals surface area contributed by atoms with Crippen molar-refractivity contribution in [1.82, 2.24) is 15.5 Å². The van der Waals surface area contributed by atoms with Crippen LogP contribution in [0.25, 0.3) is 0 Å². The maximum absolute atomic E-state index is 11.5. The molecule has 0 saturated carbocycles. The molecular weight excluding hydrogens is 230 g/mol. The van der Waals surface area contributed by atoms with E-state index in [1.165, 1.54) is 0 Å². The van der Waals surface area contributed by atoms with E-state index in [-0.39, 0.29) is 5.91 Å². The minimum Gasteiger partial charge on any atom is -0.355 e. The van der Waals surface area contributed by atoms with Crippen molar-refractivity contribution in [3.05, 3.63) is 17.8 Å². The molecular formula is C12H19N5O. The van der Waals surface area contributed by atoms with Crippen LogP contribution in [0.5, 0.6) is 0 Å². The van der Waals surface area contributed by atoms with E-state index >= 15 is 0 Å². The van der Waals surface area contributed by atoms with E-state index < -0.39 is 0 Å². The Labute approximate surface area is 107 Å². The topological polar surface area (TPSA) is 84.1 Å². The number of carbonyl (C=O) groups excluding carboxylic acids is 1. The number of nitrogens with two attached hydrogens (primary N) is 1. The lowest BCUT2D eigenvalue weighted by Crippen LogP contribution is -2.40. The third kappa shape index (κ3) is 2.95. The van der Waals surface area contributed by atoms with Gasteiger partial charge in [-0.2, -0.15) is 0 Å². The summed E-state index contributed by atoms with van der Waals surface area (Å²) < 4.78 is 0. The van der Waals surface area contributed by atoms with Gasteiger partial charge in [0.2, 0.25) is 0 Å². The summed E-state index contributed by atoms with van der Waals surface area (Å²) in [7, 11) is 0. The van der Waals surface area contributed by atoms with Crippen molar-refractivity contribution in [2.45, 2.75) is 25.8 Å². The number of aromatic nitrogens is 2. The summed E-state index contributed by atoms with van der Waals surface area (Å²) in [4.78, 5) is 13.7. The molecule has 18 heavy (non-hydrogen) atoms. The first-order valence-electron chi connectivity index (χ1n) is 6.33. The number of anilines is 1. The van der Waals surface area contributed by atoms with Gasteiger partial charge >= 0.3 is 0 Å². The largest absolute Gasteiger partial charge is 0.355 e. The van der Waals surface area contributed by atoms with Gasteiger partial charge in [0, 0.05) is 25.7 Å². The van der Waals surface area contributed by atoms with Gasteiger partial charge in [-0.05, 0) is 31.9 Å². The van der Waals surface area contributed by atoms with E-state index in [9.17, 15) is 4.79 Å². The van der Waals surface area contributed by atoms with E-state index in [4.69, 9.17) is 5.73 Å². The number of amides is 1. The summed E-state index contributed by atoms with van der Waals surface area (Å²) in [6.45, 7) is 4.26. The maximum Gasteiger partial charge on any atom is 0.271 e. The van der Waals surface area contributed by atoms with Crippen molar-refractivity contribution in [2.24, 2.45) is 5.73 Å². The summed E-state index contributed by atoms with van der Waals surface area (Å²) in [5.41, 5.74) is 6.21. The van der Waals surface area contributed by atoms with Gasteiger partial charge in [-0.25, -0.2) is 0 Å². The van der Waals surface area contributed by atoms with Gasteiger partial charge in [-0.15, -0.1) is 10.2 Å². The first-order valence-corrected chi connectivity index (χ1v) is 6.33. The van der Waals surface area contributed by atoms with Gasteiger partial charge in [-0.3, -0.25) is 4.79 Å². The van der Waals surface area contributed by atoms with Crippen molar-refractivity contribution in [3.63, 3.8) is 0 Å². The Morgan fingerprint density at radius 2 is 2.17 bits per heavy atom. The minimum atomic E-state index is -0.183. The molecule has 2 rings (SSSR count). The number of nitrogens with one attached hydrogen (secondary N) is 1. The predicted molar refractivity (Wildman–Crippen MR) is 69.5 cm³/mol. The van der Waals surface area contributed by atoms with Crippen LogP contribution in [0.2, 0.25) is 0 Å². The molecule has 1 aliphatic rings. The molecule has 1 fully saturated rings. The van der Waals surface area contributed by atoms with E-state index in [0.717, 1.165) is 31.7 Å². The summed E-state index contributed by atoms with van der Waals surface area (Å²) >= 11 is 0. The van der Waals surface area contributed by atoms with Gasteiger partial charge in [0.05, 0.1) is 0 Å². The lowest BCUT2D eigenvalue weighted by atomic mass is 10.1. The fourth-order valence-corrected chi connectivity index (χ4v) is 1.99. The molecule has 0 radical (unpaired) electrons. The van der Waals surface area contributed by atoms with Crippen LogP contribution in [0.4, 0.5) is 5.82 Å². The SMILES string of the molecule is CCNC(=O)c1ccc(N2CCC(N)CC2)nn1. The molecule has 1 aromatic heterocycles. The highest BCUT2D eigenvalue weighted by molar-refractivity contribution is 5.92. The van der Waals surface area contributed by atoms with Crippen molar-refractivity contribution in [1.29, 1.82) is 0 Å². The molecule has 6 heteroatoms. The zero-order valence-corrected chi connectivity index (χ0v) is 10.6. The summed E-state index contributed by atoms with van der Waals surface area (Å²) in [5.74, 6) is 0.632. The quantitative estimate of drug-likeness (QED) is 0.797. The number of hydrogen-bond acceptors (Lipinski definition) is 5. The third-order valence-corrected chi connectivity index (χ3v) is 3.08. The molecule has 3 N–H and O–H groups in total. The van der Waals surface area contributed by atoms with Crippen LogP contribution in [0.15, 0.2) is 12.1 Å². The maximum atomic E-state index is 11.5. The molecule has 2 heterocycles. The Balaban J connectivity index is 2.01. The monoisotopic (exact) mass is 249 g/mol. The molecule has 98 valence electrons. The molecule has 0 spiro atoms. The summed E-state index contributed by atoms with van der Waals surface area (Å²) in [5, 5.41) is 10.8. The third-order valence-electron chi connectivity index (χ3n) is 3.08. The van der Waals surface area contributed by atoms with E-state index in [1.54, 1.807) is 6.07 Å². The average Bonchev–Trinajstić information content (AvgIpc) is 2.40. The number of rotatable bonds is 3. The van der Waals surface area contributed by atoms with Gasteiger partial charge in [0.15, 0.2) is 11.5 Å². The smallest absolute Gasteiger partial charge is 0.271 e. The second-order valence-electron chi connectivity index (χ2n) is 4.46. The van der Waals surface area contributed by atoms with Crippen LogP contribution in [-0.4, -0.2) is 41.8 Å². The fraction of sp³-hybridized carbons (Fsp3) is 0.583. The molecule has 1 aliphatic heterocycles. The molecule has 0 aromatic carbocycles. The van der Waals surface area contributed by atoms with Crippen LogP contribution < -0.4 is 16.0 Å². The minimum absolute atomic E-state index is 0.183. The molecule has 0 unspecified atom stereocenters. The van der Waals surface area contributed by atoms with Gasteiger partial charge in [-0.1, -0.05) is 0 Å². The van der Waals surface area contributed by atoms with Gasteiger partial charge in [0.25, 0.3) is 5.91 Å². The molecule has 1 aromatic rings. The van der Waals surface area contributed by atoms with E-state index in [1.807, 2.05) is 13.0 Å². The molecule has 6 nitrogen and oxygen atoms in total. The van der Waals surface area contributed by atoms with Crippen molar-refractivity contribution < 1.29 is 4.79 Å². The summed E-state index contributed by atoms with van der Waals surface area (Å²) in [6.07, 6.45) is 1.94. The van der Waals surface area contributed by atoms with Crippen molar-refractivity contribution in [2.75, 3.05) is 24.5 Å². The highest BCUT2D eigenvalue weighted by Gasteiger charge is 2.18. The number of hydrogen-bond donors (Lipinski definition) is 2. The van der Waals surface area contributed by atoms with Gasteiger partial charge in [0.1, 0.15) is 0 Å². The average molecular weight is 249 g/mol. The van der Waals surface area contributed by atoms with Gasteiger partial charge < -0.3 is 16.0 Å². The first-order chi connectivity index (χ1) is 8.70. The normalized spacial score (nSPS) is 16.7. The zero-order valence-electron chi connectivity index (χ0n) is 10.6.